The smallest absolute Gasteiger partial charge is 0.365 e. The van der Waals surface area contributed by atoms with Crippen molar-refractivity contribution in [1.29, 1.82) is 0 Å². The van der Waals surface area contributed by atoms with Gasteiger partial charge in [-0.25, -0.2) is 9.78 Å². The van der Waals surface area contributed by atoms with E-state index in [1.165, 1.54) is 11.3 Å². The summed E-state index contributed by atoms with van der Waals surface area (Å²) in [6.45, 7) is 4.18. The van der Waals surface area contributed by atoms with Crippen molar-refractivity contribution < 1.29 is 9.90 Å². The van der Waals surface area contributed by atoms with Crippen LogP contribution in [0.3, 0.4) is 0 Å². The maximum absolute atomic E-state index is 10.6. The van der Waals surface area contributed by atoms with Crippen molar-refractivity contribution >= 4 is 17.3 Å². The standard InChI is InChI=1S/C9H13NO2S/c1-3-6(4-2)7-5-13-8(10-7)9(11)12/h5-6H,3-4H2,1-2H3,(H,11,12). The molecule has 4 heteroatoms. The monoisotopic (exact) mass is 199 g/mol. The summed E-state index contributed by atoms with van der Waals surface area (Å²) in [5.74, 6) is -0.522. The van der Waals surface area contributed by atoms with Crippen LogP contribution in [-0.2, 0) is 0 Å². The minimum absolute atomic E-state index is 0.196. The number of carboxylic acid groups (broad SMARTS) is 1. The SMILES string of the molecule is CCC(CC)c1csc(C(=O)O)n1. The Morgan fingerprint density at radius 2 is 2.23 bits per heavy atom. The first-order chi connectivity index (χ1) is 6.19. The Kier molecular flexibility index (Phi) is 3.42. The number of nitrogens with zero attached hydrogens (tertiary/aromatic N) is 1. The Bertz CT molecular complexity index is 292. The van der Waals surface area contributed by atoms with Crippen LogP contribution in [0.1, 0.15) is 48.1 Å². The van der Waals surface area contributed by atoms with E-state index in [0.29, 0.717) is 5.92 Å². The van der Waals surface area contributed by atoms with Crippen LogP contribution in [0.2, 0.25) is 0 Å². The maximum atomic E-state index is 10.6. The van der Waals surface area contributed by atoms with Crippen LogP contribution < -0.4 is 0 Å². The van der Waals surface area contributed by atoms with Gasteiger partial charge in [0.15, 0.2) is 0 Å². The van der Waals surface area contributed by atoms with Gasteiger partial charge >= 0.3 is 5.97 Å². The van der Waals surface area contributed by atoms with Crippen LogP contribution >= 0.6 is 11.3 Å². The quantitative estimate of drug-likeness (QED) is 0.811. The summed E-state index contributed by atoms with van der Waals surface area (Å²) in [7, 11) is 0. The third kappa shape index (κ3) is 2.28. The molecule has 0 radical (unpaired) electrons. The highest BCUT2D eigenvalue weighted by molar-refractivity contribution is 7.11. The number of carboxylic acids is 1. The highest BCUT2D eigenvalue weighted by atomic mass is 32.1. The van der Waals surface area contributed by atoms with Crippen LogP contribution in [-0.4, -0.2) is 16.1 Å². The van der Waals surface area contributed by atoms with Crippen molar-refractivity contribution in [2.75, 3.05) is 0 Å². The molecule has 0 aliphatic carbocycles. The molecule has 1 N–H and O–H groups in total. The minimum Gasteiger partial charge on any atom is -0.476 e. The van der Waals surface area contributed by atoms with Gasteiger partial charge in [0.05, 0.1) is 5.69 Å². The molecule has 0 aliphatic rings. The molecule has 0 amide bonds. The van der Waals surface area contributed by atoms with Gasteiger partial charge in [0.25, 0.3) is 0 Å². The molecular formula is C9H13NO2S. The van der Waals surface area contributed by atoms with Crippen LogP contribution in [0.4, 0.5) is 0 Å². The van der Waals surface area contributed by atoms with Crippen molar-refractivity contribution in [2.45, 2.75) is 32.6 Å². The molecule has 0 unspecified atom stereocenters. The minimum atomic E-state index is -0.929. The van der Waals surface area contributed by atoms with Gasteiger partial charge in [-0.15, -0.1) is 11.3 Å². The number of aromatic nitrogens is 1. The lowest BCUT2D eigenvalue weighted by molar-refractivity contribution is 0.0696. The molecule has 0 atom stereocenters. The Balaban J connectivity index is 2.84. The van der Waals surface area contributed by atoms with Crippen LogP contribution in [0.15, 0.2) is 5.38 Å². The zero-order valence-corrected chi connectivity index (χ0v) is 8.60. The largest absolute Gasteiger partial charge is 0.476 e. The lowest BCUT2D eigenvalue weighted by Gasteiger charge is -2.07. The van der Waals surface area contributed by atoms with E-state index >= 15 is 0 Å². The normalized spacial score (nSPS) is 10.7. The molecule has 0 bridgehead atoms. The summed E-state index contributed by atoms with van der Waals surface area (Å²) in [4.78, 5) is 14.6. The van der Waals surface area contributed by atoms with Crippen molar-refractivity contribution in [3.8, 4) is 0 Å². The molecule has 0 saturated carbocycles. The van der Waals surface area contributed by atoms with E-state index in [2.05, 4.69) is 18.8 Å². The second-order valence-corrected chi connectivity index (χ2v) is 3.75. The Hall–Kier alpha value is -0.900. The molecule has 0 aromatic carbocycles. The fraction of sp³-hybridized carbons (Fsp3) is 0.556. The predicted octanol–water partition coefficient (Wildman–Crippen LogP) is 2.74. The molecule has 0 fully saturated rings. The summed E-state index contributed by atoms with van der Waals surface area (Å²) in [6.07, 6.45) is 2.03. The summed E-state index contributed by atoms with van der Waals surface area (Å²) >= 11 is 1.21. The van der Waals surface area contributed by atoms with Gasteiger partial charge in [-0.3, -0.25) is 0 Å². The fourth-order valence-corrected chi connectivity index (χ4v) is 2.02. The van der Waals surface area contributed by atoms with Crippen molar-refractivity contribution in [3.05, 3.63) is 16.1 Å². The molecule has 0 spiro atoms. The van der Waals surface area contributed by atoms with Crippen LogP contribution in [0.5, 0.6) is 0 Å². The topological polar surface area (TPSA) is 50.2 Å². The number of thiazole rings is 1. The number of hydrogen-bond donors (Lipinski definition) is 1. The van der Waals surface area contributed by atoms with E-state index in [1.807, 2.05) is 5.38 Å². The third-order valence-electron chi connectivity index (χ3n) is 2.11. The molecule has 0 aliphatic heterocycles. The van der Waals surface area contributed by atoms with E-state index < -0.39 is 5.97 Å². The number of carbonyl (C=O) groups is 1. The first-order valence-corrected chi connectivity index (χ1v) is 5.25. The van der Waals surface area contributed by atoms with Gasteiger partial charge in [-0.1, -0.05) is 13.8 Å². The Labute approximate surface area is 81.4 Å². The zero-order valence-electron chi connectivity index (χ0n) is 7.78. The lowest BCUT2D eigenvalue weighted by atomic mass is 10.0. The van der Waals surface area contributed by atoms with Crippen LogP contribution in [0, 0.1) is 0 Å². The molecule has 1 heterocycles. The van der Waals surface area contributed by atoms with Crippen LogP contribution in [0.25, 0.3) is 0 Å². The second-order valence-electron chi connectivity index (χ2n) is 2.90. The first kappa shape index (κ1) is 10.2. The molecule has 1 aromatic heterocycles. The predicted molar refractivity (Wildman–Crippen MR) is 52.4 cm³/mol. The first-order valence-electron chi connectivity index (χ1n) is 4.37. The van der Waals surface area contributed by atoms with Crippen molar-refractivity contribution in [3.63, 3.8) is 0 Å². The second kappa shape index (κ2) is 4.37. The van der Waals surface area contributed by atoms with Gasteiger partial charge in [-0.2, -0.15) is 0 Å². The summed E-state index contributed by atoms with van der Waals surface area (Å²) in [6, 6.07) is 0. The molecular weight excluding hydrogens is 186 g/mol. The lowest BCUT2D eigenvalue weighted by Crippen LogP contribution is -1.99. The van der Waals surface area contributed by atoms with Gasteiger partial charge in [-0.05, 0) is 12.8 Å². The summed E-state index contributed by atoms with van der Waals surface area (Å²) in [5, 5.41) is 10.7. The molecule has 13 heavy (non-hydrogen) atoms. The molecule has 1 rings (SSSR count). The van der Waals surface area contributed by atoms with Gasteiger partial charge in [0, 0.05) is 11.3 Å². The maximum Gasteiger partial charge on any atom is 0.365 e. The van der Waals surface area contributed by atoms with Crippen molar-refractivity contribution in [2.24, 2.45) is 0 Å². The van der Waals surface area contributed by atoms with E-state index in [1.54, 1.807) is 0 Å². The highest BCUT2D eigenvalue weighted by Crippen LogP contribution is 2.24. The average Bonchev–Trinajstić information content (AvgIpc) is 2.56. The summed E-state index contributed by atoms with van der Waals surface area (Å²) in [5.41, 5.74) is 0.924. The third-order valence-corrected chi connectivity index (χ3v) is 2.96. The van der Waals surface area contributed by atoms with E-state index in [4.69, 9.17) is 5.11 Å². The van der Waals surface area contributed by atoms with Gasteiger partial charge in [0.1, 0.15) is 0 Å². The molecule has 3 nitrogen and oxygen atoms in total. The van der Waals surface area contributed by atoms with Crippen molar-refractivity contribution in [1.82, 2.24) is 4.98 Å². The number of rotatable bonds is 4. The highest BCUT2D eigenvalue weighted by Gasteiger charge is 2.14. The van der Waals surface area contributed by atoms with E-state index in [-0.39, 0.29) is 5.01 Å². The fourth-order valence-electron chi connectivity index (χ4n) is 1.28. The Morgan fingerprint density at radius 1 is 1.62 bits per heavy atom. The van der Waals surface area contributed by atoms with Gasteiger partial charge < -0.3 is 5.11 Å². The average molecular weight is 199 g/mol. The zero-order chi connectivity index (χ0) is 9.84. The van der Waals surface area contributed by atoms with E-state index in [0.717, 1.165) is 18.5 Å². The molecule has 72 valence electrons. The molecule has 1 aromatic rings. The molecule has 0 saturated heterocycles. The number of hydrogen-bond acceptors (Lipinski definition) is 3. The Morgan fingerprint density at radius 3 is 2.62 bits per heavy atom. The number of aromatic carboxylic acids is 1. The summed E-state index contributed by atoms with van der Waals surface area (Å²) < 4.78 is 0. The van der Waals surface area contributed by atoms with E-state index in [9.17, 15) is 4.79 Å². The van der Waals surface area contributed by atoms with Gasteiger partial charge in [0.2, 0.25) is 5.01 Å².